The van der Waals surface area contributed by atoms with E-state index < -0.39 is 6.36 Å². The van der Waals surface area contributed by atoms with E-state index in [1.165, 1.54) is 30.7 Å². The standard InChI is InChI=1S/C9H5F3N2O2S/c10-9(11,12)16-6-1-3-7(4-2-6)17-8-14-13-5-15-8/h1-5H. The number of aromatic nitrogens is 2. The minimum absolute atomic E-state index is 0.271. The highest BCUT2D eigenvalue weighted by Crippen LogP contribution is 2.29. The van der Waals surface area contributed by atoms with E-state index in [1.54, 1.807) is 0 Å². The molecule has 90 valence electrons. The maximum Gasteiger partial charge on any atom is 0.573 e. The number of rotatable bonds is 3. The molecule has 0 spiro atoms. The van der Waals surface area contributed by atoms with Gasteiger partial charge in [-0.05, 0) is 36.0 Å². The van der Waals surface area contributed by atoms with Crippen LogP contribution in [0.2, 0.25) is 0 Å². The van der Waals surface area contributed by atoms with Crippen molar-refractivity contribution in [1.82, 2.24) is 10.2 Å². The largest absolute Gasteiger partial charge is 0.573 e. The first-order valence-corrected chi connectivity index (χ1v) is 5.14. The topological polar surface area (TPSA) is 48.2 Å². The van der Waals surface area contributed by atoms with Gasteiger partial charge in [0.05, 0.1) is 0 Å². The maximum absolute atomic E-state index is 11.9. The van der Waals surface area contributed by atoms with Crippen molar-refractivity contribution in [2.45, 2.75) is 16.5 Å². The van der Waals surface area contributed by atoms with Crippen LogP contribution in [0, 0.1) is 0 Å². The molecule has 0 saturated carbocycles. The molecule has 0 fully saturated rings. The maximum atomic E-state index is 11.9. The summed E-state index contributed by atoms with van der Waals surface area (Å²) in [6.07, 6.45) is -3.51. The number of hydrogen-bond donors (Lipinski definition) is 0. The molecule has 2 rings (SSSR count). The summed E-state index contributed by atoms with van der Waals surface area (Å²) in [5, 5.41) is 7.42. The summed E-state index contributed by atoms with van der Waals surface area (Å²) in [5.41, 5.74) is 0. The lowest BCUT2D eigenvalue weighted by atomic mass is 10.3. The van der Waals surface area contributed by atoms with Gasteiger partial charge in [0, 0.05) is 4.90 Å². The zero-order valence-corrected chi connectivity index (χ0v) is 8.96. The molecule has 2 aromatic rings. The highest BCUT2D eigenvalue weighted by Gasteiger charge is 2.30. The molecule has 0 N–H and O–H groups in total. The molecule has 0 aliphatic carbocycles. The molecule has 8 heteroatoms. The van der Waals surface area contributed by atoms with Crippen LogP contribution in [0.3, 0.4) is 0 Å². The Kier molecular flexibility index (Phi) is 3.23. The summed E-state index contributed by atoms with van der Waals surface area (Å²) in [6, 6.07) is 5.37. The van der Waals surface area contributed by atoms with Crippen LogP contribution in [-0.4, -0.2) is 16.6 Å². The normalized spacial score (nSPS) is 11.5. The third kappa shape index (κ3) is 3.66. The van der Waals surface area contributed by atoms with E-state index in [4.69, 9.17) is 4.42 Å². The van der Waals surface area contributed by atoms with Gasteiger partial charge in [-0.2, -0.15) is 0 Å². The van der Waals surface area contributed by atoms with Gasteiger partial charge in [-0.25, -0.2) is 0 Å². The van der Waals surface area contributed by atoms with Crippen molar-refractivity contribution in [3.63, 3.8) is 0 Å². The fourth-order valence-electron chi connectivity index (χ4n) is 1.02. The lowest BCUT2D eigenvalue weighted by Gasteiger charge is -2.08. The summed E-state index contributed by atoms with van der Waals surface area (Å²) in [5.74, 6) is -0.271. The van der Waals surface area contributed by atoms with Crippen LogP contribution in [0.5, 0.6) is 5.75 Å². The predicted molar refractivity (Wildman–Crippen MR) is 51.5 cm³/mol. The van der Waals surface area contributed by atoms with Crippen molar-refractivity contribution in [3.05, 3.63) is 30.7 Å². The molecule has 4 nitrogen and oxygen atoms in total. The number of benzene rings is 1. The van der Waals surface area contributed by atoms with Crippen molar-refractivity contribution in [2.75, 3.05) is 0 Å². The summed E-state index contributed by atoms with van der Waals surface area (Å²) in [4.78, 5) is 0.670. The molecular weight excluding hydrogens is 257 g/mol. The Morgan fingerprint density at radius 2 is 1.88 bits per heavy atom. The monoisotopic (exact) mass is 262 g/mol. The van der Waals surface area contributed by atoms with E-state index >= 15 is 0 Å². The van der Waals surface area contributed by atoms with E-state index in [-0.39, 0.29) is 5.75 Å². The molecule has 0 atom stereocenters. The van der Waals surface area contributed by atoms with Crippen LogP contribution in [0.1, 0.15) is 0 Å². The van der Waals surface area contributed by atoms with E-state index in [2.05, 4.69) is 14.9 Å². The predicted octanol–water partition coefficient (Wildman–Crippen LogP) is 3.12. The van der Waals surface area contributed by atoms with Gasteiger partial charge < -0.3 is 9.15 Å². The molecule has 0 aliphatic heterocycles. The second-order valence-electron chi connectivity index (χ2n) is 2.83. The van der Waals surface area contributed by atoms with Crippen molar-refractivity contribution in [3.8, 4) is 5.75 Å². The molecule has 0 saturated heterocycles. The van der Waals surface area contributed by atoms with Crippen LogP contribution in [-0.2, 0) is 0 Å². The van der Waals surface area contributed by atoms with Gasteiger partial charge in [-0.3, -0.25) is 0 Å². The Labute approximate surface area is 97.8 Å². The highest BCUT2D eigenvalue weighted by atomic mass is 32.2. The Balaban J connectivity index is 2.03. The molecule has 17 heavy (non-hydrogen) atoms. The van der Waals surface area contributed by atoms with Crippen molar-refractivity contribution in [1.29, 1.82) is 0 Å². The van der Waals surface area contributed by atoms with Gasteiger partial charge in [0.2, 0.25) is 6.39 Å². The summed E-state index contributed by atoms with van der Waals surface area (Å²) >= 11 is 1.14. The Hall–Kier alpha value is -1.70. The Morgan fingerprint density at radius 3 is 2.41 bits per heavy atom. The quantitative estimate of drug-likeness (QED) is 0.850. The van der Waals surface area contributed by atoms with E-state index in [0.717, 1.165) is 11.8 Å². The van der Waals surface area contributed by atoms with Crippen molar-refractivity contribution < 1.29 is 22.3 Å². The van der Waals surface area contributed by atoms with Crippen molar-refractivity contribution >= 4 is 11.8 Å². The highest BCUT2D eigenvalue weighted by molar-refractivity contribution is 7.99. The van der Waals surface area contributed by atoms with Gasteiger partial charge >= 0.3 is 6.36 Å². The van der Waals surface area contributed by atoms with E-state index in [0.29, 0.717) is 10.1 Å². The van der Waals surface area contributed by atoms with Crippen LogP contribution in [0.4, 0.5) is 13.2 Å². The lowest BCUT2D eigenvalue weighted by molar-refractivity contribution is -0.274. The number of nitrogens with zero attached hydrogens (tertiary/aromatic N) is 2. The second-order valence-corrected chi connectivity index (χ2v) is 3.85. The molecule has 1 aromatic heterocycles. The van der Waals surface area contributed by atoms with Crippen molar-refractivity contribution in [2.24, 2.45) is 0 Å². The third-order valence-corrected chi connectivity index (χ3v) is 2.46. The molecule has 0 radical (unpaired) electrons. The van der Waals surface area contributed by atoms with Gasteiger partial charge in [0.15, 0.2) is 0 Å². The molecule has 0 amide bonds. The molecular formula is C9H5F3N2O2S. The summed E-state index contributed by atoms with van der Waals surface area (Å²) in [6.45, 7) is 0. The lowest BCUT2D eigenvalue weighted by Crippen LogP contribution is -2.16. The first-order valence-electron chi connectivity index (χ1n) is 4.33. The van der Waals surface area contributed by atoms with E-state index in [9.17, 15) is 13.2 Å². The molecule has 1 aromatic carbocycles. The number of halogens is 3. The zero-order chi connectivity index (χ0) is 12.3. The van der Waals surface area contributed by atoms with Crippen LogP contribution in [0.15, 0.2) is 45.2 Å². The summed E-state index contributed by atoms with van der Waals surface area (Å²) in [7, 11) is 0. The third-order valence-electron chi connectivity index (χ3n) is 1.60. The zero-order valence-electron chi connectivity index (χ0n) is 8.14. The number of alkyl halides is 3. The molecule has 0 unspecified atom stereocenters. The Morgan fingerprint density at radius 1 is 1.18 bits per heavy atom. The second kappa shape index (κ2) is 4.66. The van der Waals surface area contributed by atoms with Crippen LogP contribution in [0.25, 0.3) is 0 Å². The van der Waals surface area contributed by atoms with Gasteiger partial charge in [0.1, 0.15) is 5.75 Å². The number of hydrogen-bond acceptors (Lipinski definition) is 5. The van der Waals surface area contributed by atoms with E-state index in [1.807, 2.05) is 0 Å². The smallest absolute Gasteiger partial charge is 0.419 e. The molecule has 1 heterocycles. The number of ether oxygens (including phenoxy) is 1. The van der Waals surface area contributed by atoms with Crippen LogP contribution < -0.4 is 4.74 Å². The van der Waals surface area contributed by atoms with Crippen LogP contribution >= 0.6 is 11.8 Å². The average Bonchev–Trinajstić information content (AvgIpc) is 2.71. The van der Waals surface area contributed by atoms with Gasteiger partial charge in [0.25, 0.3) is 5.22 Å². The summed E-state index contributed by atoms with van der Waals surface area (Å²) < 4.78 is 44.3. The fraction of sp³-hybridized carbons (Fsp3) is 0.111. The minimum atomic E-state index is -4.68. The minimum Gasteiger partial charge on any atom is -0.419 e. The SMILES string of the molecule is FC(F)(F)Oc1ccc(Sc2nnco2)cc1. The van der Waals surface area contributed by atoms with Gasteiger partial charge in [-0.15, -0.1) is 23.4 Å². The molecule has 0 aliphatic rings. The Bertz CT molecular complexity index is 470. The fourth-order valence-corrected chi connectivity index (χ4v) is 1.67. The van der Waals surface area contributed by atoms with Gasteiger partial charge in [-0.1, -0.05) is 0 Å². The molecule has 0 bridgehead atoms. The first kappa shape index (κ1) is 11.8. The average molecular weight is 262 g/mol. The first-order chi connectivity index (χ1) is 8.03.